The van der Waals surface area contributed by atoms with Gasteiger partial charge in [0, 0.05) is 13.5 Å². The maximum Gasteiger partial charge on any atom is 0.338 e. The van der Waals surface area contributed by atoms with Crippen LogP contribution < -0.4 is 0 Å². The van der Waals surface area contributed by atoms with Crippen molar-refractivity contribution in [1.82, 2.24) is 4.90 Å². The maximum atomic E-state index is 11.1. The van der Waals surface area contributed by atoms with Gasteiger partial charge in [-0.1, -0.05) is 0 Å². The highest BCUT2D eigenvalue weighted by Gasteiger charge is 2.29. The summed E-state index contributed by atoms with van der Waals surface area (Å²) < 4.78 is 4.88. The van der Waals surface area contributed by atoms with E-state index in [-0.39, 0.29) is 5.91 Å². The molecule has 0 spiro atoms. The summed E-state index contributed by atoms with van der Waals surface area (Å²) in [6.45, 7) is 2.11. The van der Waals surface area contributed by atoms with Gasteiger partial charge in [0.1, 0.15) is 0 Å². The van der Waals surface area contributed by atoms with Crippen molar-refractivity contribution in [1.29, 1.82) is 0 Å². The molecule has 1 amide bonds. The average molecular weight is 179 g/mol. The molecule has 2 rings (SSSR count). The van der Waals surface area contributed by atoms with E-state index in [0.29, 0.717) is 18.0 Å². The summed E-state index contributed by atoms with van der Waals surface area (Å²) in [5.74, 6) is 0.0657. The third-order valence-corrected chi connectivity index (χ3v) is 2.07. The van der Waals surface area contributed by atoms with Crippen molar-refractivity contribution in [3.63, 3.8) is 0 Å². The largest absolute Gasteiger partial charge is 0.421 e. The molecule has 2 aliphatic rings. The normalized spacial score (nSPS) is 20.4. The lowest BCUT2D eigenvalue weighted by Gasteiger charge is -2.24. The highest BCUT2D eigenvalue weighted by atomic mass is 16.5. The van der Waals surface area contributed by atoms with E-state index in [0.717, 1.165) is 6.42 Å². The Morgan fingerprint density at radius 3 is 3.08 bits per heavy atom. The topological polar surface area (TPSA) is 46.6 Å². The number of esters is 1. The van der Waals surface area contributed by atoms with Crippen LogP contribution in [0.1, 0.15) is 13.3 Å². The van der Waals surface area contributed by atoms with Gasteiger partial charge in [-0.25, -0.2) is 4.79 Å². The Bertz CT molecular complexity index is 341. The van der Waals surface area contributed by atoms with E-state index in [9.17, 15) is 9.59 Å². The van der Waals surface area contributed by atoms with Crippen LogP contribution in [0, 0.1) is 0 Å². The molecule has 0 radical (unpaired) electrons. The van der Waals surface area contributed by atoms with Crippen molar-refractivity contribution >= 4 is 11.9 Å². The number of rotatable bonds is 0. The van der Waals surface area contributed by atoms with Gasteiger partial charge in [0.05, 0.1) is 11.8 Å². The van der Waals surface area contributed by atoms with Crippen LogP contribution in [-0.2, 0) is 14.3 Å². The lowest BCUT2D eigenvalue weighted by Crippen LogP contribution is -2.31. The van der Waals surface area contributed by atoms with Crippen LogP contribution in [-0.4, -0.2) is 23.3 Å². The molecule has 68 valence electrons. The van der Waals surface area contributed by atoms with Crippen molar-refractivity contribution in [3.8, 4) is 0 Å². The highest BCUT2D eigenvalue weighted by Crippen LogP contribution is 2.27. The number of carbonyl (C=O) groups is 2. The van der Waals surface area contributed by atoms with Crippen LogP contribution in [0.2, 0.25) is 0 Å². The Morgan fingerprint density at radius 2 is 2.38 bits per heavy atom. The molecule has 4 heteroatoms. The highest BCUT2D eigenvalue weighted by molar-refractivity contribution is 5.90. The predicted octanol–water partition coefficient (Wildman–Crippen LogP) is 0.563. The smallest absolute Gasteiger partial charge is 0.338 e. The zero-order valence-corrected chi connectivity index (χ0v) is 7.24. The Labute approximate surface area is 75.5 Å². The molecule has 0 atom stereocenters. The van der Waals surface area contributed by atoms with E-state index in [4.69, 9.17) is 4.74 Å². The minimum Gasteiger partial charge on any atom is -0.421 e. The van der Waals surface area contributed by atoms with Crippen LogP contribution >= 0.6 is 0 Å². The number of hydrogen-bond donors (Lipinski definition) is 0. The van der Waals surface area contributed by atoms with Crippen molar-refractivity contribution < 1.29 is 14.3 Å². The maximum absolute atomic E-state index is 11.1. The van der Waals surface area contributed by atoms with Gasteiger partial charge in [0.25, 0.3) is 0 Å². The van der Waals surface area contributed by atoms with Gasteiger partial charge in [-0.2, -0.15) is 0 Å². The van der Waals surface area contributed by atoms with Crippen LogP contribution in [0.25, 0.3) is 0 Å². The summed E-state index contributed by atoms with van der Waals surface area (Å²) in [5, 5.41) is 0. The molecule has 0 unspecified atom stereocenters. The molecule has 0 saturated heterocycles. The molecule has 0 aromatic carbocycles. The third kappa shape index (κ3) is 1.24. The first-order valence-electron chi connectivity index (χ1n) is 4.10. The van der Waals surface area contributed by atoms with E-state index in [1.807, 2.05) is 6.08 Å². The number of ether oxygens (including phenoxy) is 1. The van der Waals surface area contributed by atoms with Crippen LogP contribution in [0.3, 0.4) is 0 Å². The fourth-order valence-electron chi connectivity index (χ4n) is 1.50. The lowest BCUT2D eigenvalue weighted by atomic mass is 10.2. The number of fused-ring (bicyclic) bond motifs is 1. The molecule has 13 heavy (non-hydrogen) atoms. The summed E-state index contributed by atoms with van der Waals surface area (Å²) in [6.07, 6.45) is 3.92. The van der Waals surface area contributed by atoms with E-state index < -0.39 is 5.97 Å². The lowest BCUT2D eigenvalue weighted by molar-refractivity contribution is -0.132. The first kappa shape index (κ1) is 8.04. The van der Waals surface area contributed by atoms with Crippen molar-refractivity contribution in [2.45, 2.75) is 13.3 Å². The van der Waals surface area contributed by atoms with Crippen molar-refractivity contribution in [2.24, 2.45) is 0 Å². The summed E-state index contributed by atoms with van der Waals surface area (Å²) in [6, 6.07) is 0. The van der Waals surface area contributed by atoms with Gasteiger partial charge in [0.15, 0.2) is 5.76 Å². The fourth-order valence-corrected chi connectivity index (χ4v) is 1.50. The minimum absolute atomic E-state index is 0.0600. The second kappa shape index (κ2) is 2.73. The molecule has 0 aliphatic carbocycles. The summed E-state index contributed by atoms with van der Waals surface area (Å²) in [4.78, 5) is 23.6. The monoisotopic (exact) mass is 179 g/mol. The van der Waals surface area contributed by atoms with Gasteiger partial charge in [-0.15, -0.1) is 0 Å². The first-order valence-corrected chi connectivity index (χ1v) is 4.10. The van der Waals surface area contributed by atoms with Crippen LogP contribution in [0.15, 0.2) is 23.6 Å². The number of hydrogen-bond acceptors (Lipinski definition) is 3. The van der Waals surface area contributed by atoms with Crippen LogP contribution in [0.4, 0.5) is 0 Å². The molecule has 2 aliphatic heterocycles. The van der Waals surface area contributed by atoms with Gasteiger partial charge >= 0.3 is 5.97 Å². The predicted molar refractivity (Wildman–Crippen MR) is 44.3 cm³/mol. The van der Waals surface area contributed by atoms with Crippen LogP contribution in [0.5, 0.6) is 0 Å². The Balaban J connectivity index is 2.36. The fraction of sp³-hybridized carbons (Fsp3) is 0.333. The van der Waals surface area contributed by atoms with Gasteiger partial charge in [-0.05, 0) is 12.5 Å². The molecular weight excluding hydrogens is 170 g/mol. The standard InChI is InChI=1S/C9H9NO3/c1-6(11)10-4-2-3-8-7(10)5-9(12)13-8/h3,5H,2,4H2,1H3. The van der Waals surface area contributed by atoms with E-state index >= 15 is 0 Å². The quantitative estimate of drug-likeness (QED) is 0.510. The molecule has 0 bridgehead atoms. The average Bonchev–Trinajstić information content (AvgIpc) is 2.43. The number of carbonyl (C=O) groups excluding carboxylic acids is 2. The molecule has 0 fully saturated rings. The SMILES string of the molecule is CC(=O)N1CCC=C2OC(=O)C=C21. The Kier molecular flexibility index (Phi) is 1.69. The number of nitrogens with zero attached hydrogens (tertiary/aromatic N) is 1. The summed E-state index contributed by atoms with van der Waals surface area (Å²) in [5.41, 5.74) is 0.601. The second-order valence-electron chi connectivity index (χ2n) is 2.98. The molecule has 4 nitrogen and oxygen atoms in total. The third-order valence-electron chi connectivity index (χ3n) is 2.07. The molecular formula is C9H9NO3. The zero-order chi connectivity index (χ0) is 9.42. The molecule has 0 N–H and O–H groups in total. The first-order chi connectivity index (χ1) is 6.18. The van der Waals surface area contributed by atoms with Gasteiger partial charge < -0.3 is 9.64 Å². The van der Waals surface area contributed by atoms with Gasteiger partial charge in [0.2, 0.25) is 5.91 Å². The van der Waals surface area contributed by atoms with Gasteiger partial charge in [-0.3, -0.25) is 4.79 Å². The Hall–Kier alpha value is -1.58. The van der Waals surface area contributed by atoms with E-state index in [1.165, 1.54) is 13.0 Å². The minimum atomic E-state index is -0.394. The molecule has 0 aromatic rings. The van der Waals surface area contributed by atoms with E-state index in [1.54, 1.807) is 4.90 Å². The summed E-state index contributed by atoms with van der Waals surface area (Å²) in [7, 11) is 0. The van der Waals surface area contributed by atoms with Crippen molar-refractivity contribution in [3.05, 3.63) is 23.6 Å². The molecule has 0 aromatic heterocycles. The molecule has 2 heterocycles. The number of amides is 1. The summed E-state index contributed by atoms with van der Waals surface area (Å²) >= 11 is 0. The Morgan fingerprint density at radius 1 is 1.62 bits per heavy atom. The molecule has 0 saturated carbocycles. The van der Waals surface area contributed by atoms with E-state index in [2.05, 4.69) is 0 Å². The zero-order valence-electron chi connectivity index (χ0n) is 7.24. The van der Waals surface area contributed by atoms with Crippen molar-refractivity contribution in [2.75, 3.05) is 6.54 Å². The second-order valence-corrected chi connectivity index (χ2v) is 2.98.